The predicted octanol–water partition coefficient (Wildman–Crippen LogP) is 1.28. The first kappa shape index (κ1) is 13.8. The van der Waals surface area contributed by atoms with E-state index in [-0.39, 0.29) is 5.97 Å². The second kappa shape index (κ2) is 6.54. The minimum Gasteiger partial charge on any atom is -0.462 e. The highest BCUT2D eigenvalue weighted by Crippen LogP contribution is 2.18. The normalized spacial score (nSPS) is 16.3. The van der Waals surface area contributed by atoms with Crippen LogP contribution in [0.4, 0.5) is 5.69 Å². The zero-order chi connectivity index (χ0) is 13.7. The standard InChI is InChI=1S/C14H20N2O3/c1-2-19-14(17)11-3-4-13(15)12(9-11)10-16-5-7-18-8-6-16/h3-4,9H,2,5-8,10,15H2,1H3. The van der Waals surface area contributed by atoms with Gasteiger partial charge in [-0.3, -0.25) is 4.90 Å². The summed E-state index contributed by atoms with van der Waals surface area (Å²) < 4.78 is 10.3. The van der Waals surface area contributed by atoms with Gasteiger partial charge in [-0.1, -0.05) is 0 Å². The largest absolute Gasteiger partial charge is 0.462 e. The van der Waals surface area contributed by atoms with Crippen LogP contribution in [-0.2, 0) is 16.0 Å². The van der Waals surface area contributed by atoms with Crippen LogP contribution in [0.5, 0.6) is 0 Å². The van der Waals surface area contributed by atoms with Crippen molar-refractivity contribution in [3.8, 4) is 0 Å². The zero-order valence-corrected chi connectivity index (χ0v) is 11.2. The number of carbonyl (C=O) groups excluding carboxylic acids is 1. The van der Waals surface area contributed by atoms with E-state index in [0.29, 0.717) is 17.9 Å². The highest BCUT2D eigenvalue weighted by molar-refractivity contribution is 5.90. The van der Waals surface area contributed by atoms with E-state index >= 15 is 0 Å². The molecule has 5 heteroatoms. The molecule has 1 saturated heterocycles. The number of esters is 1. The van der Waals surface area contributed by atoms with E-state index in [2.05, 4.69) is 4.90 Å². The molecule has 0 aliphatic carbocycles. The van der Waals surface area contributed by atoms with E-state index in [1.54, 1.807) is 19.1 Å². The summed E-state index contributed by atoms with van der Waals surface area (Å²) in [4.78, 5) is 14.0. The summed E-state index contributed by atoms with van der Waals surface area (Å²) in [6, 6.07) is 5.29. The zero-order valence-electron chi connectivity index (χ0n) is 11.2. The van der Waals surface area contributed by atoms with Crippen molar-refractivity contribution < 1.29 is 14.3 Å². The summed E-state index contributed by atoms with van der Waals surface area (Å²) in [7, 11) is 0. The van der Waals surface area contributed by atoms with Crippen molar-refractivity contribution in [1.82, 2.24) is 4.90 Å². The predicted molar refractivity (Wildman–Crippen MR) is 72.9 cm³/mol. The van der Waals surface area contributed by atoms with Crippen molar-refractivity contribution in [1.29, 1.82) is 0 Å². The minimum atomic E-state index is -0.300. The van der Waals surface area contributed by atoms with Crippen LogP contribution in [0.3, 0.4) is 0 Å². The molecule has 19 heavy (non-hydrogen) atoms. The Bertz CT molecular complexity index is 442. The van der Waals surface area contributed by atoms with Crippen molar-refractivity contribution in [3.63, 3.8) is 0 Å². The number of nitrogens with zero attached hydrogens (tertiary/aromatic N) is 1. The third kappa shape index (κ3) is 3.68. The van der Waals surface area contributed by atoms with E-state index in [9.17, 15) is 4.79 Å². The lowest BCUT2D eigenvalue weighted by Crippen LogP contribution is -2.35. The first-order valence-corrected chi connectivity index (χ1v) is 6.56. The third-order valence-electron chi connectivity index (χ3n) is 3.15. The Kier molecular flexibility index (Phi) is 4.76. The molecule has 0 spiro atoms. The molecule has 0 saturated carbocycles. The van der Waals surface area contributed by atoms with Crippen LogP contribution in [0.2, 0.25) is 0 Å². The Morgan fingerprint density at radius 2 is 2.16 bits per heavy atom. The van der Waals surface area contributed by atoms with Gasteiger partial charge >= 0.3 is 5.97 Å². The second-order valence-corrected chi connectivity index (χ2v) is 4.52. The average molecular weight is 264 g/mol. The van der Waals surface area contributed by atoms with Crippen molar-refractivity contribution in [2.45, 2.75) is 13.5 Å². The second-order valence-electron chi connectivity index (χ2n) is 4.52. The fourth-order valence-electron chi connectivity index (χ4n) is 2.08. The first-order valence-electron chi connectivity index (χ1n) is 6.56. The van der Waals surface area contributed by atoms with Crippen molar-refractivity contribution in [3.05, 3.63) is 29.3 Å². The summed E-state index contributed by atoms with van der Waals surface area (Å²) in [5.74, 6) is -0.300. The van der Waals surface area contributed by atoms with Gasteiger partial charge in [0.05, 0.1) is 25.4 Å². The highest BCUT2D eigenvalue weighted by atomic mass is 16.5. The van der Waals surface area contributed by atoms with Gasteiger partial charge in [0.1, 0.15) is 0 Å². The van der Waals surface area contributed by atoms with Crippen LogP contribution < -0.4 is 5.73 Å². The Hall–Kier alpha value is -1.59. The van der Waals surface area contributed by atoms with Gasteiger partial charge in [-0.05, 0) is 30.7 Å². The Morgan fingerprint density at radius 1 is 1.42 bits per heavy atom. The molecule has 0 radical (unpaired) electrons. The number of hydrogen-bond acceptors (Lipinski definition) is 5. The van der Waals surface area contributed by atoms with Gasteiger partial charge in [0, 0.05) is 25.3 Å². The van der Waals surface area contributed by atoms with Crippen LogP contribution in [0, 0.1) is 0 Å². The molecule has 0 bridgehead atoms. The Balaban J connectivity index is 2.10. The molecule has 0 atom stereocenters. The average Bonchev–Trinajstić information content (AvgIpc) is 2.42. The number of hydrogen-bond donors (Lipinski definition) is 1. The minimum absolute atomic E-state index is 0.300. The fraction of sp³-hybridized carbons (Fsp3) is 0.500. The van der Waals surface area contributed by atoms with Gasteiger partial charge in [0.2, 0.25) is 0 Å². The summed E-state index contributed by atoms with van der Waals surface area (Å²) in [5, 5.41) is 0. The van der Waals surface area contributed by atoms with Gasteiger partial charge in [-0.15, -0.1) is 0 Å². The molecule has 2 rings (SSSR count). The van der Waals surface area contributed by atoms with Gasteiger partial charge in [-0.2, -0.15) is 0 Å². The summed E-state index contributed by atoms with van der Waals surface area (Å²) in [6.45, 7) is 6.19. The van der Waals surface area contributed by atoms with Crippen molar-refractivity contribution in [2.75, 3.05) is 38.6 Å². The number of nitrogens with two attached hydrogens (primary N) is 1. The number of benzene rings is 1. The fourth-order valence-corrected chi connectivity index (χ4v) is 2.08. The maximum absolute atomic E-state index is 11.7. The van der Waals surface area contributed by atoms with Gasteiger partial charge < -0.3 is 15.2 Å². The van der Waals surface area contributed by atoms with Gasteiger partial charge in [0.25, 0.3) is 0 Å². The molecule has 0 amide bonds. The van der Waals surface area contributed by atoms with Crippen LogP contribution in [0.25, 0.3) is 0 Å². The lowest BCUT2D eigenvalue weighted by Gasteiger charge is -2.27. The number of carbonyl (C=O) groups is 1. The van der Waals surface area contributed by atoms with Crippen LogP contribution in [-0.4, -0.2) is 43.8 Å². The molecule has 104 valence electrons. The molecule has 1 heterocycles. The molecule has 0 unspecified atom stereocenters. The molecule has 2 N–H and O–H groups in total. The molecule has 1 aromatic rings. The Labute approximate surface area is 113 Å². The lowest BCUT2D eigenvalue weighted by molar-refractivity contribution is 0.0342. The van der Waals surface area contributed by atoms with E-state index in [1.165, 1.54) is 0 Å². The molecule has 1 aromatic carbocycles. The molecular formula is C14H20N2O3. The highest BCUT2D eigenvalue weighted by Gasteiger charge is 2.14. The summed E-state index contributed by atoms with van der Waals surface area (Å²) in [5.41, 5.74) is 8.20. The maximum Gasteiger partial charge on any atom is 0.338 e. The first-order chi connectivity index (χ1) is 9.20. The van der Waals surface area contributed by atoms with Gasteiger partial charge in [-0.25, -0.2) is 4.79 Å². The molecule has 5 nitrogen and oxygen atoms in total. The number of nitrogen functional groups attached to an aromatic ring is 1. The van der Waals surface area contributed by atoms with E-state index < -0.39 is 0 Å². The van der Waals surface area contributed by atoms with Crippen molar-refractivity contribution in [2.24, 2.45) is 0 Å². The summed E-state index contributed by atoms with van der Waals surface area (Å²) >= 11 is 0. The van der Waals surface area contributed by atoms with Crippen LogP contribution in [0.1, 0.15) is 22.8 Å². The van der Waals surface area contributed by atoms with E-state index in [0.717, 1.165) is 38.4 Å². The molecular weight excluding hydrogens is 244 g/mol. The molecule has 0 aromatic heterocycles. The number of morpholine rings is 1. The lowest BCUT2D eigenvalue weighted by atomic mass is 10.1. The van der Waals surface area contributed by atoms with E-state index in [4.69, 9.17) is 15.2 Å². The molecule has 1 aliphatic heterocycles. The third-order valence-corrected chi connectivity index (χ3v) is 3.15. The smallest absolute Gasteiger partial charge is 0.338 e. The maximum atomic E-state index is 11.7. The quantitative estimate of drug-likeness (QED) is 0.655. The van der Waals surface area contributed by atoms with Crippen LogP contribution in [0.15, 0.2) is 18.2 Å². The summed E-state index contributed by atoms with van der Waals surface area (Å²) in [6.07, 6.45) is 0. The van der Waals surface area contributed by atoms with Crippen molar-refractivity contribution >= 4 is 11.7 Å². The number of anilines is 1. The molecule has 1 aliphatic rings. The topological polar surface area (TPSA) is 64.8 Å². The van der Waals surface area contributed by atoms with Gasteiger partial charge in [0.15, 0.2) is 0 Å². The number of ether oxygens (including phenoxy) is 2. The SMILES string of the molecule is CCOC(=O)c1ccc(N)c(CN2CCOCC2)c1. The monoisotopic (exact) mass is 264 g/mol. The number of rotatable bonds is 4. The van der Waals surface area contributed by atoms with Crippen LogP contribution >= 0.6 is 0 Å². The van der Waals surface area contributed by atoms with E-state index in [1.807, 2.05) is 6.07 Å². The molecule has 1 fully saturated rings. The Morgan fingerprint density at radius 3 is 2.84 bits per heavy atom.